The summed E-state index contributed by atoms with van der Waals surface area (Å²) in [5.74, 6) is -0.390. The molecule has 2 aromatic carbocycles. The third-order valence-electron chi connectivity index (χ3n) is 4.88. The van der Waals surface area contributed by atoms with Gasteiger partial charge in [0.1, 0.15) is 11.6 Å². The summed E-state index contributed by atoms with van der Waals surface area (Å²) < 4.78 is 47.4. The summed E-state index contributed by atoms with van der Waals surface area (Å²) in [6, 6.07) is 12.2. The van der Waals surface area contributed by atoms with Crippen LogP contribution in [0.15, 0.2) is 65.8 Å². The lowest BCUT2D eigenvalue weighted by Gasteiger charge is -2.25. The fraction of sp³-hybridized carbons (Fsp3) is 0.182. The van der Waals surface area contributed by atoms with Crippen LogP contribution < -0.4 is 10.1 Å². The fourth-order valence-corrected chi connectivity index (χ4v) is 4.99. The van der Waals surface area contributed by atoms with Crippen molar-refractivity contribution in [1.29, 1.82) is 0 Å². The highest BCUT2D eigenvalue weighted by Crippen LogP contribution is 2.34. The van der Waals surface area contributed by atoms with Gasteiger partial charge in [-0.1, -0.05) is 18.2 Å². The van der Waals surface area contributed by atoms with Gasteiger partial charge in [0.25, 0.3) is 5.91 Å². The van der Waals surface area contributed by atoms with E-state index < -0.39 is 15.8 Å². The Balaban J connectivity index is 1.74. The maximum absolute atomic E-state index is 13.7. The van der Waals surface area contributed by atoms with Crippen LogP contribution in [0.1, 0.15) is 16.7 Å². The van der Waals surface area contributed by atoms with Crippen molar-refractivity contribution in [2.75, 3.05) is 11.9 Å². The second-order valence-corrected chi connectivity index (χ2v) is 9.12. The molecule has 0 unspecified atom stereocenters. The number of nitrogens with zero attached hydrogens (tertiary/aromatic N) is 2. The van der Waals surface area contributed by atoms with E-state index in [1.807, 2.05) is 0 Å². The molecule has 0 radical (unpaired) electrons. The van der Waals surface area contributed by atoms with Crippen LogP contribution in [0, 0.1) is 12.7 Å². The number of carbonyl (C=O) groups is 1. The number of pyridine rings is 1. The number of rotatable bonds is 6. The van der Waals surface area contributed by atoms with E-state index >= 15 is 0 Å². The van der Waals surface area contributed by atoms with Gasteiger partial charge in [-0.05, 0) is 47.9 Å². The molecule has 1 aliphatic rings. The number of ether oxygens (including phenoxy) is 1. The van der Waals surface area contributed by atoms with E-state index in [-0.39, 0.29) is 30.5 Å². The number of anilines is 1. The predicted octanol–water partition coefficient (Wildman–Crippen LogP) is 3.25. The highest BCUT2D eigenvalue weighted by molar-refractivity contribution is 7.89. The minimum atomic E-state index is -3.97. The van der Waals surface area contributed by atoms with Crippen molar-refractivity contribution in [1.82, 2.24) is 9.29 Å². The first-order valence-corrected chi connectivity index (χ1v) is 11.0. The number of benzene rings is 2. The van der Waals surface area contributed by atoms with Crippen molar-refractivity contribution < 1.29 is 22.3 Å². The molecule has 0 saturated heterocycles. The van der Waals surface area contributed by atoms with Gasteiger partial charge in [-0.25, -0.2) is 12.8 Å². The largest absolute Gasteiger partial charge is 0.482 e. The van der Waals surface area contributed by atoms with Gasteiger partial charge in [0.15, 0.2) is 6.61 Å². The van der Waals surface area contributed by atoms with E-state index in [0.29, 0.717) is 28.1 Å². The zero-order chi connectivity index (χ0) is 22.0. The summed E-state index contributed by atoms with van der Waals surface area (Å²) in [4.78, 5) is 15.7. The van der Waals surface area contributed by atoms with Gasteiger partial charge in [0.2, 0.25) is 10.0 Å². The number of carbonyl (C=O) groups excluding carboxylic acids is 1. The Labute approximate surface area is 179 Å². The Morgan fingerprint density at radius 2 is 1.87 bits per heavy atom. The summed E-state index contributed by atoms with van der Waals surface area (Å²) in [7, 11) is -3.97. The zero-order valence-corrected chi connectivity index (χ0v) is 17.5. The van der Waals surface area contributed by atoms with Crippen molar-refractivity contribution in [2.45, 2.75) is 24.9 Å². The number of amides is 1. The summed E-state index contributed by atoms with van der Waals surface area (Å²) in [6.07, 6.45) is 3.22. The molecule has 0 saturated carbocycles. The maximum Gasteiger partial charge on any atom is 0.262 e. The Morgan fingerprint density at radius 3 is 2.58 bits per heavy atom. The van der Waals surface area contributed by atoms with Gasteiger partial charge >= 0.3 is 0 Å². The highest BCUT2D eigenvalue weighted by atomic mass is 32.2. The Bertz CT molecular complexity index is 1220. The third kappa shape index (κ3) is 4.57. The second-order valence-electron chi connectivity index (χ2n) is 7.21. The van der Waals surface area contributed by atoms with Gasteiger partial charge in [0, 0.05) is 31.5 Å². The Hall–Kier alpha value is -3.30. The highest BCUT2D eigenvalue weighted by Gasteiger charge is 2.29. The molecular formula is C22H20FN3O4S. The lowest BCUT2D eigenvalue weighted by Crippen LogP contribution is -2.31. The van der Waals surface area contributed by atoms with Crippen molar-refractivity contribution in [3.8, 4) is 5.75 Å². The molecule has 160 valence electrons. The molecule has 0 aliphatic carbocycles. The number of nitrogens with one attached hydrogen (secondary N) is 1. The van der Waals surface area contributed by atoms with Gasteiger partial charge in [-0.2, -0.15) is 4.31 Å². The summed E-state index contributed by atoms with van der Waals surface area (Å²) in [5.41, 5.74) is 2.27. The fourth-order valence-electron chi connectivity index (χ4n) is 3.35. The van der Waals surface area contributed by atoms with E-state index in [9.17, 15) is 17.6 Å². The number of halogens is 1. The first-order chi connectivity index (χ1) is 14.8. The minimum Gasteiger partial charge on any atom is -0.482 e. The van der Waals surface area contributed by atoms with Crippen LogP contribution in [0.4, 0.5) is 10.1 Å². The third-order valence-corrected chi connectivity index (χ3v) is 6.82. The lowest BCUT2D eigenvalue weighted by molar-refractivity contribution is -0.118. The average molecular weight is 441 g/mol. The molecule has 3 aromatic rings. The van der Waals surface area contributed by atoms with Crippen LogP contribution in [-0.4, -0.2) is 30.2 Å². The average Bonchev–Trinajstić information content (AvgIpc) is 2.75. The van der Waals surface area contributed by atoms with Crippen molar-refractivity contribution in [3.63, 3.8) is 0 Å². The predicted molar refractivity (Wildman–Crippen MR) is 112 cm³/mol. The number of hydrogen-bond acceptors (Lipinski definition) is 5. The normalized spacial score (nSPS) is 13.5. The first-order valence-electron chi connectivity index (χ1n) is 9.54. The maximum atomic E-state index is 13.7. The summed E-state index contributed by atoms with van der Waals surface area (Å²) in [6.45, 7) is 1.62. The molecule has 1 N–H and O–H groups in total. The van der Waals surface area contributed by atoms with E-state index in [4.69, 9.17) is 4.74 Å². The number of fused-ring (bicyclic) bond motifs is 1. The molecule has 9 heteroatoms. The molecule has 0 atom stereocenters. The molecule has 1 aromatic heterocycles. The van der Waals surface area contributed by atoms with E-state index in [0.717, 1.165) is 0 Å². The standard InChI is InChI=1S/C22H20FN3O4S/c1-15-9-19-20(30-14-22(27)25-19)10-21(15)31(28,29)26(13-17-3-2-8-24-11-17)12-16-4-6-18(23)7-5-16/h2-11H,12-14H2,1H3,(H,25,27). The SMILES string of the molecule is Cc1cc2c(cc1S(=O)(=O)N(Cc1ccc(F)cc1)Cc1cccnc1)OCC(=O)N2. The number of aromatic nitrogens is 1. The second kappa shape index (κ2) is 8.44. The molecule has 2 heterocycles. The minimum absolute atomic E-state index is 0.0472. The van der Waals surface area contributed by atoms with Crippen LogP contribution in [0.3, 0.4) is 0 Å². The molecule has 31 heavy (non-hydrogen) atoms. The van der Waals surface area contributed by atoms with Crippen molar-refractivity contribution >= 4 is 21.6 Å². The molecule has 1 amide bonds. The van der Waals surface area contributed by atoms with Crippen molar-refractivity contribution in [2.24, 2.45) is 0 Å². The smallest absolute Gasteiger partial charge is 0.262 e. The monoisotopic (exact) mass is 441 g/mol. The lowest BCUT2D eigenvalue weighted by atomic mass is 10.2. The summed E-state index contributed by atoms with van der Waals surface area (Å²) in [5, 5.41) is 2.68. The van der Waals surface area contributed by atoms with E-state index in [1.54, 1.807) is 49.6 Å². The van der Waals surface area contributed by atoms with Crippen LogP contribution in [-0.2, 0) is 27.9 Å². The van der Waals surface area contributed by atoms with Gasteiger partial charge in [-0.3, -0.25) is 9.78 Å². The van der Waals surface area contributed by atoms with Gasteiger partial charge in [0.05, 0.1) is 10.6 Å². The van der Waals surface area contributed by atoms with E-state index in [2.05, 4.69) is 10.3 Å². The van der Waals surface area contributed by atoms with Crippen LogP contribution in [0.2, 0.25) is 0 Å². The van der Waals surface area contributed by atoms with Gasteiger partial charge in [-0.15, -0.1) is 0 Å². The molecule has 1 aliphatic heterocycles. The molecule has 0 fully saturated rings. The van der Waals surface area contributed by atoms with E-state index in [1.165, 1.54) is 22.5 Å². The first kappa shape index (κ1) is 21.0. The quantitative estimate of drug-likeness (QED) is 0.634. The number of sulfonamides is 1. The summed E-state index contributed by atoms with van der Waals surface area (Å²) >= 11 is 0. The molecule has 4 rings (SSSR count). The molecular weight excluding hydrogens is 421 g/mol. The van der Waals surface area contributed by atoms with Crippen molar-refractivity contribution in [3.05, 3.63) is 83.4 Å². The Morgan fingerprint density at radius 1 is 1.13 bits per heavy atom. The van der Waals surface area contributed by atoms with Crippen LogP contribution in [0.25, 0.3) is 0 Å². The molecule has 7 nitrogen and oxygen atoms in total. The topological polar surface area (TPSA) is 88.6 Å². The van der Waals surface area contributed by atoms with Gasteiger partial charge < -0.3 is 10.1 Å². The molecule has 0 bridgehead atoms. The number of aryl methyl sites for hydroxylation is 1. The number of hydrogen-bond donors (Lipinski definition) is 1. The van der Waals surface area contributed by atoms with Crippen LogP contribution >= 0.6 is 0 Å². The zero-order valence-electron chi connectivity index (χ0n) is 16.7. The Kier molecular flexibility index (Phi) is 5.71. The van der Waals surface area contributed by atoms with Crippen LogP contribution in [0.5, 0.6) is 5.75 Å². The molecule has 0 spiro atoms.